The highest BCUT2D eigenvalue weighted by Crippen LogP contribution is 2.53. The second-order valence-electron chi connectivity index (χ2n) is 20.3. The summed E-state index contributed by atoms with van der Waals surface area (Å²) < 4.78 is 0. The highest BCUT2D eigenvalue weighted by molar-refractivity contribution is 5.89. The van der Waals surface area contributed by atoms with Crippen molar-refractivity contribution < 1.29 is 0 Å². The summed E-state index contributed by atoms with van der Waals surface area (Å²) in [5, 5.41) is 19.0. The molecule has 4 heteroatoms. The summed E-state index contributed by atoms with van der Waals surface area (Å²) in [5.74, 6) is 0. The highest BCUT2D eigenvalue weighted by Gasteiger charge is 2.37. The number of fused-ring (bicyclic) bond motifs is 6. The van der Waals surface area contributed by atoms with Gasteiger partial charge in [-0.2, -0.15) is 10.5 Å². The number of hydrogen-bond donors (Lipinski definition) is 0. The molecule has 0 aliphatic heterocycles. The Morgan fingerprint density at radius 3 is 0.917 bits per heavy atom. The van der Waals surface area contributed by atoms with Crippen molar-refractivity contribution in [2.24, 2.45) is 0 Å². The van der Waals surface area contributed by atoms with Gasteiger partial charge in [0.1, 0.15) is 0 Å². The van der Waals surface area contributed by atoms with E-state index in [9.17, 15) is 10.5 Å². The van der Waals surface area contributed by atoms with Crippen LogP contribution in [0.25, 0.3) is 46.6 Å². The maximum atomic E-state index is 9.49. The topological polar surface area (TPSA) is 54.1 Å². The normalized spacial score (nSPS) is 13.5. The van der Waals surface area contributed by atoms with Crippen molar-refractivity contribution in [1.29, 1.82) is 10.5 Å². The van der Waals surface area contributed by atoms with Crippen LogP contribution in [0.5, 0.6) is 0 Å². The zero-order valence-corrected chi connectivity index (χ0v) is 41.6. The smallest absolute Gasteiger partial charge is 0.0991 e. The van der Waals surface area contributed by atoms with Crippen molar-refractivity contribution >= 4 is 58.4 Å². The number of benzene rings is 9. The van der Waals surface area contributed by atoms with Crippen molar-refractivity contribution in [2.45, 2.75) is 52.4 Å². The Labute approximate surface area is 424 Å². The zero-order valence-electron chi connectivity index (χ0n) is 41.6. The summed E-state index contributed by atoms with van der Waals surface area (Å²) in [6.45, 7) is 13.5. The van der Waals surface area contributed by atoms with Crippen molar-refractivity contribution in [3.63, 3.8) is 0 Å². The van der Waals surface area contributed by atoms with Crippen molar-refractivity contribution in [3.8, 4) is 34.4 Å². The summed E-state index contributed by atoms with van der Waals surface area (Å²) in [7, 11) is 0. The number of nitriles is 2. The average Bonchev–Trinajstić information content (AvgIpc) is 3.77. The first-order valence-electron chi connectivity index (χ1n) is 24.7. The molecule has 9 aromatic rings. The van der Waals surface area contributed by atoms with Crippen LogP contribution in [0.2, 0.25) is 0 Å². The lowest BCUT2D eigenvalue weighted by atomic mass is 9.81. The van der Waals surface area contributed by atoms with Crippen LogP contribution in [-0.4, -0.2) is 0 Å². The third-order valence-electron chi connectivity index (χ3n) is 14.9. The van der Waals surface area contributed by atoms with Crippen molar-refractivity contribution in [1.82, 2.24) is 0 Å². The summed E-state index contributed by atoms with van der Waals surface area (Å²) >= 11 is 0. The molecule has 4 nitrogen and oxygen atoms in total. The molecule has 0 saturated heterocycles. The first-order chi connectivity index (χ1) is 34.9. The fourth-order valence-electron chi connectivity index (χ4n) is 10.7. The molecule has 0 amide bonds. The zero-order chi connectivity index (χ0) is 49.7. The van der Waals surface area contributed by atoms with Crippen LogP contribution >= 0.6 is 0 Å². The fraction of sp³-hybridized carbons (Fsp3) is 0.118. The van der Waals surface area contributed by atoms with Crippen LogP contribution in [-0.2, 0) is 10.8 Å². The van der Waals surface area contributed by atoms with Gasteiger partial charge < -0.3 is 9.80 Å². The largest absolute Gasteiger partial charge is 0.310 e. The average molecular weight is 927 g/mol. The number of rotatable bonds is 10. The van der Waals surface area contributed by atoms with E-state index in [1.165, 1.54) is 66.8 Å². The lowest BCUT2D eigenvalue weighted by Crippen LogP contribution is -2.16. The second kappa shape index (κ2) is 18.1. The van der Waals surface area contributed by atoms with Crippen LogP contribution in [0.15, 0.2) is 194 Å². The van der Waals surface area contributed by atoms with Gasteiger partial charge in [-0.15, -0.1) is 0 Å². The maximum Gasteiger partial charge on any atom is 0.0991 e. The van der Waals surface area contributed by atoms with Crippen molar-refractivity contribution in [3.05, 3.63) is 261 Å². The first-order valence-corrected chi connectivity index (χ1v) is 24.7. The Morgan fingerprint density at radius 2 is 0.583 bits per heavy atom. The fourth-order valence-corrected chi connectivity index (χ4v) is 10.7. The molecule has 0 saturated carbocycles. The number of hydrogen-bond acceptors (Lipinski definition) is 4. The summed E-state index contributed by atoms with van der Waals surface area (Å²) in [6, 6.07) is 73.6. The van der Waals surface area contributed by atoms with Gasteiger partial charge in [-0.05, 0) is 178 Å². The number of anilines is 6. The van der Waals surface area contributed by atoms with E-state index in [1.807, 2.05) is 48.5 Å². The Balaban J connectivity index is 0.797. The molecule has 0 spiro atoms. The van der Waals surface area contributed by atoms with Gasteiger partial charge in [0.15, 0.2) is 0 Å². The monoisotopic (exact) mass is 926 g/mol. The lowest BCUT2D eigenvalue weighted by Gasteiger charge is -2.28. The van der Waals surface area contributed by atoms with E-state index < -0.39 is 0 Å². The van der Waals surface area contributed by atoms with Gasteiger partial charge in [0.05, 0.1) is 23.3 Å². The SMILES string of the molecule is Cc1ccc(N(c2ccc(C#N)cc2)c2ccc3c(c2)C(C)(C)c2cc(/C=C/c4ccc(/C=C/c5ccc6c(c5)C(C)(C)c5cc(N(c7ccc(C)cc7)c7ccc(C#N)cc7)ccc5-6)cc4)ccc2-3)cc1. The molecular formula is C68H54N4. The van der Waals surface area contributed by atoms with Crippen molar-refractivity contribution in [2.75, 3.05) is 9.80 Å². The minimum absolute atomic E-state index is 0.206. The first kappa shape index (κ1) is 45.5. The molecule has 0 unspecified atom stereocenters. The minimum Gasteiger partial charge on any atom is -0.310 e. The Hall–Kier alpha value is -8.96. The van der Waals surface area contributed by atoms with Gasteiger partial charge in [-0.1, -0.05) is 160 Å². The van der Waals surface area contributed by atoms with Crippen LogP contribution in [0.3, 0.4) is 0 Å². The van der Waals surface area contributed by atoms with E-state index in [4.69, 9.17) is 0 Å². The lowest BCUT2D eigenvalue weighted by molar-refractivity contribution is 0.660. The van der Waals surface area contributed by atoms with E-state index in [-0.39, 0.29) is 10.8 Å². The van der Waals surface area contributed by atoms with Gasteiger partial charge in [0.25, 0.3) is 0 Å². The van der Waals surface area contributed by atoms with Crippen LogP contribution in [0.1, 0.15) is 94.5 Å². The Morgan fingerprint density at radius 1 is 0.319 bits per heavy atom. The predicted molar refractivity (Wildman–Crippen MR) is 301 cm³/mol. The highest BCUT2D eigenvalue weighted by atomic mass is 15.1. The van der Waals surface area contributed by atoms with Gasteiger partial charge in [0, 0.05) is 45.0 Å². The summed E-state index contributed by atoms with van der Waals surface area (Å²) in [5.41, 5.74) is 24.6. The third-order valence-corrected chi connectivity index (χ3v) is 14.9. The standard InChI is InChI=1S/C68H54N4/c1-45-7-25-53(26-8-45)71(55-29-19-51(43-69)20-30-55)57-33-37-61-59-35-23-49(39-63(59)67(3,4)65(61)41-57)17-15-47-11-13-48(14-12-47)16-18-50-24-36-60-62-38-34-58(42-66(62)68(5,6)64(60)40-50)72(54-27-9-46(2)10-28-54)56-31-21-52(44-70)22-32-56/h7-42H,1-6H3/b17-15+,18-16+. The van der Waals surface area contributed by atoms with E-state index in [0.29, 0.717) is 11.1 Å². The molecule has 2 aliphatic rings. The summed E-state index contributed by atoms with van der Waals surface area (Å²) in [4.78, 5) is 4.55. The molecule has 0 bridgehead atoms. The quantitative estimate of drug-likeness (QED) is 0.128. The second-order valence-corrected chi connectivity index (χ2v) is 20.3. The molecule has 0 atom stereocenters. The molecule has 2 aliphatic carbocycles. The van der Waals surface area contributed by atoms with E-state index >= 15 is 0 Å². The van der Waals surface area contributed by atoms with Gasteiger partial charge in [0.2, 0.25) is 0 Å². The molecule has 72 heavy (non-hydrogen) atoms. The molecular weight excluding hydrogens is 873 g/mol. The molecule has 11 rings (SSSR count). The van der Waals surface area contributed by atoms with Gasteiger partial charge in [-0.25, -0.2) is 0 Å². The molecule has 0 aromatic heterocycles. The molecule has 0 N–H and O–H groups in total. The predicted octanol–water partition coefficient (Wildman–Crippen LogP) is 17.9. The number of nitrogens with zero attached hydrogens (tertiary/aromatic N) is 4. The van der Waals surface area contributed by atoms with Crippen LogP contribution in [0.4, 0.5) is 34.1 Å². The van der Waals surface area contributed by atoms with E-state index in [0.717, 1.165) is 45.3 Å². The Kier molecular flexibility index (Phi) is 11.4. The molecule has 0 radical (unpaired) electrons. The maximum absolute atomic E-state index is 9.49. The summed E-state index contributed by atoms with van der Waals surface area (Å²) in [6.07, 6.45) is 8.85. The minimum atomic E-state index is -0.206. The van der Waals surface area contributed by atoms with Gasteiger partial charge >= 0.3 is 0 Å². The van der Waals surface area contributed by atoms with E-state index in [1.54, 1.807) is 0 Å². The molecule has 0 heterocycles. The molecule has 9 aromatic carbocycles. The van der Waals surface area contributed by atoms with Gasteiger partial charge in [-0.3, -0.25) is 0 Å². The van der Waals surface area contributed by atoms with Crippen LogP contribution < -0.4 is 9.80 Å². The molecule has 346 valence electrons. The number of aryl methyl sites for hydroxylation is 2. The van der Waals surface area contributed by atoms with E-state index in [2.05, 4.69) is 233 Å². The molecule has 0 fully saturated rings. The Bertz CT molecular complexity index is 3440. The van der Waals surface area contributed by atoms with Crippen LogP contribution in [0, 0.1) is 36.5 Å². The third kappa shape index (κ3) is 8.28.